The molecule has 0 atom stereocenters. The monoisotopic (exact) mass is 248 g/mol. The minimum absolute atomic E-state index is 0.124. The predicted molar refractivity (Wildman–Crippen MR) is 66.3 cm³/mol. The number of hydrogen-bond donors (Lipinski definition) is 1. The minimum Gasteiger partial charge on any atom is -0.449 e. The van der Waals surface area contributed by atoms with E-state index in [0.29, 0.717) is 31.8 Å². The first kappa shape index (κ1) is 12.4. The van der Waals surface area contributed by atoms with Gasteiger partial charge in [-0.3, -0.25) is 4.79 Å². The largest absolute Gasteiger partial charge is 0.449 e. The highest BCUT2D eigenvalue weighted by atomic mass is 16.6. The lowest BCUT2D eigenvalue weighted by molar-refractivity contribution is 0.0719. The Hall–Kier alpha value is -2.04. The van der Waals surface area contributed by atoms with Crippen molar-refractivity contribution in [2.24, 2.45) is 0 Å². The van der Waals surface area contributed by atoms with E-state index >= 15 is 0 Å². The summed E-state index contributed by atoms with van der Waals surface area (Å²) < 4.78 is 4.91. The maximum atomic E-state index is 11.7. The van der Waals surface area contributed by atoms with E-state index in [1.54, 1.807) is 17.0 Å². The summed E-state index contributed by atoms with van der Waals surface area (Å²) in [5, 5.41) is 2.78. The number of cyclic esters (lactones) is 1. The van der Waals surface area contributed by atoms with Gasteiger partial charge in [-0.25, -0.2) is 4.79 Å². The summed E-state index contributed by atoms with van der Waals surface area (Å²) in [4.78, 5) is 24.7. The average molecular weight is 248 g/mol. The quantitative estimate of drug-likeness (QED) is 0.872. The number of amides is 2. The Balaban J connectivity index is 1.75. The van der Waals surface area contributed by atoms with Crippen molar-refractivity contribution < 1.29 is 14.3 Å². The highest BCUT2D eigenvalue weighted by molar-refractivity contribution is 5.94. The molecule has 0 radical (unpaired) electrons. The molecule has 0 saturated carbocycles. The standard InChI is InChI=1S/C13H16N2O3/c16-12(11-5-2-1-3-6-11)14-7-9-15-8-4-10-18-13(15)17/h1-3,5-6H,4,7-10H2,(H,14,16). The number of ether oxygens (including phenoxy) is 1. The van der Waals surface area contributed by atoms with Crippen molar-refractivity contribution in [2.75, 3.05) is 26.2 Å². The normalized spacial score (nSPS) is 15.1. The zero-order valence-electron chi connectivity index (χ0n) is 10.1. The summed E-state index contributed by atoms with van der Waals surface area (Å²) in [6.45, 7) is 2.10. The Labute approximate surface area is 106 Å². The van der Waals surface area contributed by atoms with Crippen LogP contribution in [0.15, 0.2) is 30.3 Å². The van der Waals surface area contributed by atoms with Crippen LogP contribution >= 0.6 is 0 Å². The first-order valence-corrected chi connectivity index (χ1v) is 6.02. The lowest BCUT2D eigenvalue weighted by Gasteiger charge is -2.26. The molecule has 0 bridgehead atoms. The van der Waals surface area contributed by atoms with Gasteiger partial charge >= 0.3 is 6.09 Å². The number of carbonyl (C=O) groups is 2. The molecule has 0 aromatic heterocycles. The fourth-order valence-corrected chi connectivity index (χ4v) is 1.80. The van der Waals surface area contributed by atoms with E-state index in [1.165, 1.54) is 0 Å². The second kappa shape index (κ2) is 6.05. The highest BCUT2D eigenvalue weighted by Crippen LogP contribution is 2.03. The maximum Gasteiger partial charge on any atom is 0.409 e. The van der Waals surface area contributed by atoms with Crippen LogP contribution in [0.2, 0.25) is 0 Å². The summed E-state index contributed by atoms with van der Waals surface area (Å²) in [5.41, 5.74) is 0.624. The molecule has 0 aliphatic carbocycles. The topological polar surface area (TPSA) is 58.6 Å². The molecule has 1 aromatic rings. The highest BCUT2D eigenvalue weighted by Gasteiger charge is 2.18. The fraction of sp³-hybridized carbons (Fsp3) is 0.385. The van der Waals surface area contributed by atoms with Crippen LogP contribution < -0.4 is 5.32 Å². The number of carbonyl (C=O) groups excluding carboxylic acids is 2. The van der Waals surface area contributed by atoms with Crippen LogP contribution in [-0.4, -0.2) is 43.1 Å². The summed E-state index contributed by atoms with van der Waals surface area (Å²) >= 11 is 0. The van der Waals surface area contributed by atoms with Gasteiger partial charge in [0.1, 0.15) is 0 Å². The number of nitrogens with one attached hydrogen (secondary N) is 1. The second-order valence-electron chi connectivity index (χ2n) is 4.08. The van der Waals surface area contributed by atoms with Crippen molar-refractivity contribution in [3.05, 3.63) is 35.9 Å². The number of rotatable bonds is 4. The summed E-state index contributed by atoms with van der Waals surface area (Å²) in [7, 11) is 0. The lowest BCUT2D eigenvalue weighted by Crippen LogP contribution is -2.42. The van der Waals surface area contributed by atoms with Crippen molar-refractivity contribution in [3.8, 4) is 0 Å². The third-order valence-corrected chi connectivity index (χ3v) is 2.76. The first-order valence-electron chi connectivity index (χ1n) is 6.02. The molecule has 1 aliphatic heterocycles. The van der Waals surface area contributed by atoms with Crippen molar-refractivity contribution in [3.63, 3.8) is 0 Å². The van der Waals surface area contributed by atoms with Gasteiger partial charge in [0.05, 0.1) is 6.61 Å². The molecule has 1 aliphatic rings. The number of nitrogens with zero attached hydrogens (tertiary/aromatic N) is 1. The van der Waals surface area contributed by atoms with E-state index in [9.17, 15) is 9.59 Å². The van der Waals surface area contributed by atoms with Gasteiger partial charge in [-0.15, -0.1) is 0 Å². The Bertz CT molecular complexity index is 420. The Morgan fingerprint density at radius 1 is 1.33 bits per heavy atom. The van der Waals surface area contributed by atoms with Crippen LogP contribution in [0.25, 0.3) is 0 Å². The van der Waals surface area contributed by atoms with E-state index in [1.807, 2.05) is 18.2 Å². The van der Waals surface area contributed by atoms with Gasteiger partial charge in [-0.05, 0) is 18.6 Å². The summed E-state index contributed by atoms with van der Waals surface area (Å²) in [6.07, 6.45) is 0.550. The van der Waals surface area contributed by atoms with Gasteiger partial charge in [-0.2, -0.15) is 0 Å². The van der Waals surface area contributed by atoms with Crippen molar-refractivity contribution >= 4 is 12.0 Å². The molecule has 1 saturated heterocycles. The van der Waals surface area contributed by atoms with Crippen molar-refractivity contribution in [1.29, 1.82) is 0 Å². The average Bonchev–Trinajstić information content (AvgIpc) is 2.42. The fourth-order valence-electron chi connectivity index (χ4n) is 1.80. The third-order valence-electron chi connectivity index (χ3n) is 2.76. The van der Waals surface area contributed by atoms with Crippen LogP contribution in [0.5, 0.6) is 0 Å². The summed E-state index contributed by atoms with van der Waals surface area (Å²) in [5.74, 6) is -0.124. The molecule has 96 valence electrons. The molecule has 1 N–H and O–H groups in total. The first-order chi connectivity index (χ1) is 8.77. The van der Waals surface area contributed by atoms with Crippen LogP contribution in [0, 0.1) is 0 Å². The van der Waals surface area contributed by atoms with Gasteiger partial charge in [0.2, 0.25) is 0 Å². The van der Waals surface area contributed by atoms with Crippen LogP contribution in [0.3, 0.4) is 0 Å². The second-order valence-corrected chi connectivity index (χ2v) is 4.08. The minimum atomic E-state index is -0.296. The predicted octanol–water partition coefficient (Wildman–Crippen LogP) is 1.26. The zero-order valence-corrected chi connectivity index (χ0v) is 10.1. The van der Waals surface area contributed by atoms with Gasteiger partial charge in [-0.1, -0.05) is 18.2 Å². The molecule has 18 heavy (non-hydrogen) atoms. The van der Waals surface area contributed by atoms with E-state index in [4.69, 9.17) is 4.74 Å². The maximum absolute atomic E-state index is 11.7. The Morgan fingerprint density at radius 3 is 2.83 bits per heavy atom. The molecule has 1 aromatic carbocycles. The lowest BCUT2D eigenvalue weighted by atomic mass is 10.2. The van der Waals surface area contributed by atoms with Gasteiger partial charge in [0, 0.05) is 25.2 Å². The molecular formula is C13H16N2O3. The molecule has 5 heteroatoms. The molecule has 1 heterocycles. The molecule has 0 spiro atoms. The Kier molecular flexibility index (Phi) is 4.17. The van der Waals surface area contributed by atoms with E-state index < -0.39 is 0 Å². The zero-order chi connectivity index (χ0) is 12.8. The number of benzene rings is 1. The third kappa shape index (κ3) is 3.23. The smallest absolute Gasteiger partial charge is 0.409 e. The molecule has 1 fully saturated rings. The van der Waals surface area contributed by atoms with Gasteiger partial charge in [0.15, 0.2) is 0 Å². The molecule has 2 rings (SSSR count). The van der Waals surface area contributed by atoms with Crippen LogP contribution in [0.4, 0.5) is 4.79 Å². The summed E-state index contributed by atoms with van der Waals surface area (Å²) in [6, 6.07) is 9.00. The van der Waals surface area contributed by atoms with E-state index in [2.05, 4.69) is 5.32 Å². The molecule has 2 amide bonds. The Morgan fingerprint density at radius 2 is 2.11 bits per heavy atom. The molecular weight excluding hydrogens is 232 g/mol. The number of hydrogen-bond acceptors (Lipinski definition) is 3. The van der Waals surface area contributed by atoms with E-state index in [0.717, 1.165) is 6.42 Å². The van der Waals surface area contributed by atoms with Crippen molar-refractivity contribution in [1.82, 2.24) is 10.2 Å². The SMILES string of the molecule is O=C(NCCN1CCCOC1=O)c1ccccc1. The van der Waals surface area contributed by atoms with Gasteiger partial charge < -0.3 is 15.0 Å². The van der Waals surface area contributed by atoms with E-state index in [-0.39, 0.29) is 12.0 Å². The molecule has 5 nitrogen and oxygen atoms in total. The van der Waals surface area contributed by atoms with Crippen LogP contribution in [-0.2, 0) is 4.74 Å². The van der Waals surface area contributed by atoms with Crippen LogP contribution in [0.1, 0.15) is 16.8 Å². The van der Waals surface area contributed by atoms with Crippen molar-refractivity contribution in [2.45, 2.75) is 6.42 Å². The van der Waals surface area contributed by atoms with Gasteiger partial charge in [0.25, 0.3) is 5.91 Å². The molecule has 0 unspecified atom stereocenters.